The Bertz CT molecular complexity index is 546. The molecule has 1 fully saturated rings. The molecule has 0 radical (unpaired) electrons. The lowest BCUT2D eigenvalue weighted by Gasteiger charge is -2.21. The van der Waals surface area contributed by atoms with Gasteiger partial charge in [-0.25, -0.2) is 8.42 Å². The molecular formula is C14H18O3S. The molecule has 18 heavy (non-hydrogen) atoms. The highest BCUT2D eigenvalue weighted by molar-refractivity contribution is 7.92. The third kappa shape index (κ3) is 2.80. The van der Waals surface area contributed by atoms with E-state index in [2.05, 4.69) is 0 Å². The molecule has 4 heteroatoms. The molecule has 0 bridgehead atoms. The number of rotatable bonds is 3. The summed E-state index contributed by atoms with van der Waals surface area (Å²) in [5.41, 5.74) is 1.97. The van der Waals surface area contributed by atoms with Gasteiger partial charge in [0.05, 0.1) is 5.75 Å². The Morgan fingerprint density at radius 2 is 2.00 bits per heavy atom. The van der Waals surface area contributed by atoms with Crippen molar-refractivity contribution >= 4 is 15.6 Å². The van der Waals surface area contributed by atoms with Crippen LogP contribution in [0.25, 0.3) is 0 Å². The summed E-state index contributed by atoms with van der Waals surface area (Å²) in [4.78, 5) is 12.2. The van der Waals surface area contributed by atoms with E-state index in [0.29, 0.717) is 12.8 Å². The van der Waals surface area contributed by atoms with Crippen LogP contribution in [0.4, 0.5) is 0 Å². The molecule has 1 aliphatic heterocycles. The molecule has 0 spiro atoms. The molecule has 2 rings (SSSR count). The number of ketones is 1. The minimum Gasteiger partial charge on any atom is -0.298 e. The van der Waals surface area contributed by atoms with Gasteiger partial charge in [0, 0.05) is 6.42 Å². The molecule has 1 saturated heterocycles. The minimum absolute atomic E-state index is 0.149. The molecular weight excluding hydrogens is 248 g/mol. The van der Waals surface area contributed by atoms with Crippen molar-refractivity contribution in [3.63, 3.8) is 0 Å². The first kappa shape index (κ1) is 13.3. The van der Waals surface area contributed by atoms with Crippen LogP contribution < -0.4 is 0 Å². The standard InChI is InChI=1S/C14H18O3S/c1-11-6-2-3-7-12(11)10-13(15)14-8-4-5-9-18(14,16)17/h2-3,6-7,14H,4-5,8-10H2,1H3. The summed E-state index contributed by atoms with van der Waals surface area (Å²) in [7, 11) is -3.21. The van der Waals surface area contributed by atoms with Crippen molar-refractivity contribution in [2.75, 3.05) is 5.75 Å². The van der Waals surface area contributed by atoms with Crippen molar-refractivity contribution < 1.29 is 13.2 Å². The fraction of sp³-hybridized carbons (Fsp3) is 0.500. The van der Waals surface area contributed by atoms with E-state index in [1.165, 1.54) is 0 Å². The van der Waals surface area contributed by atoms with E-state index < -0.39 is 15.1 Å². The van der Waals surface area contributed by atoms with Crippen LogP contribution in [0.15, 0.2) is 24.3 Å². The Morgan fingerprint density at radius 1 is 1.28 bits per heavy atom. The van der Waals surface area contributed by atoms with Crippen molar-refractivity contribution in [2.45, 2.75) is 37.9 Å². The number of hydrogen-bond acceptors (Lipinski definition) is 3. The van der Waals surface area contributed by atoms with Gasteiger partial charge < -0.3 is 0 Å². The highest BCUT2D eigenvalue weighted by atomic mass is 32.2. The van der Waals surface area contributed by atoms with E-state index >= 15 is 0 Å². The summed E-state index contributed by atoms with van der Waals surface area (Å²) in [5.74, 6) is 0.0148. The highest BCUT2D eigenvalue weighted by Gasteiger charge is 2.34. The van der Waals surface area contributed by atoms with E-state index in [-0.39, 0.29) is 18.0 Å². The van der Waals surface area contributed by atoms with Gasteiger partial charge in [0.1, 0.15) is 5.25 Å². The first-order valence-electron chi connectivity index (χ1n) is 6.29. The topological polar surface area (TPSA) is 51.2 Å². The lowest BCUT2D eigenvalue weighted by atomic mass is 10.00. The third-order valence-electron chi connectivity index (χ3n) is 3.56. The molecule has 0 N–H and O–H groups in total. The first-order valence-corrected chi connectivity index (χ1v) is 8.01. The summed E-state index contributed by atoms with van der Waals surface area (Å²) in [6.45, 7) is 1.94. The molecule has 1 unspecified atom stereocenters. The van der Waals surface area contributed by atoms with E-state index in [0.717, 1.165) is 17.5 Å². The van der Waals surface area contributed by atoms with Crippen LogP contribution in [-0.2, 0) is 21.1 Å². The molecule has 0 saturated carbocycles. The summed E-state index contributed by atoms with van der Waals surface area (Å²) in [5, 5.41) is -0.772. The predicted octanol–water partition coefficient (Wildman–Crippen LogP) is 2.07. The van der Waals surface area contributed by atoms with Crippen molar-refractivity contribution in [1.29, 1.82) is 0 Å². The second-order valence-corrected chi connectivity index (χ2v) is 7.22. The Labute approximate surface area is 108 Å². The van der Waals surface area contributed by atoms with Crippen LogP contribution in [0.1, 0.15) is 30.4 Å². The summed E-state index contributed by atoms with van der Waals surface area (Å²) >= 11 is 0. The Hall–Kier alpha value is -1.16. The molecule has 1 aromatic carbocycles. The summed E-state index contributed by atoms with van der Waals surface area (Å²) in [6.07, 6.45) is 2.25. The average molecular weight is 266 g/mol. The minimum atomic E-state index is -3.21. The van der Waals surface area contributed by atoms with Gasteiger partial charge >= 0.3 is 0 Å². The molecule has 0 amide bonds. The summed E-state index contributed by atoms with van der Waals surface area (Å²) < 4.78 is 23.8. The number of hydrogen-bond donors (Lipinski definition) is 0. The van der Waals surface area contributed by atoms with Crippen LogP contribution >= 0.6 is 0 Å². The van der Waals surface area contributed by atoms with Crippen LogP contribution in [0.3, 0.4) is 0 Å². The van der Waals surface area contributed by atoms with Gasteiger partial charge in [0.15, 0.2) is 15.6 Å². The van der Waals surface area contributed by atoms with E-state index in [1.54, 1.807) is 0 Å². The number of benzene rings is 1. The zero-order valence-corrected chi connectivity index (χ0v) is 11.4. The normalized spacial score (nSPS) is 22.6. The van der Waals surface area contributed by atoms with Gasteiger partial charge in [0.2, 0.25) is 0 Å². The molecule has 3 nitrogen and oxygen atoms in total. The number of carbonyl (C=O) groups is 1. The van der Waals surface area contributed by atoms with Crippen molar-refractivity contribution in [3.8, 4) is 0 Å². The van der Waals surface area contributed by atoms with E-state index in [9.17, 15) is 13.2 Å². The molecule has 1 heterocycles. The van der Waals surface area contributed by atoms with Gasteiger partial charge in [0.25, 0.3) is 0 Å². The van der Waals surface area contributed by atoms with Gasteiger partial charge in [-0.3, -0.25) is 4.79 Å². The number of sulfone groups is 1. The smallest absolute Gasteiger partial charge is 0.160 e. The Morgan fingerprint density at radius 3 is 2.67 bits per heavy atom. The van der Waals surface area contributed by atoms with Gasteiger partial charge in [-0.2, -0.15) is 0 Å². The maximum Gasteiger partial charge on any atom is 0.160 e. The molecule has 1 aromatic rings. The van der Waals surface area contributed by atoms with Crippen molar-refractivity contribution in [1.82, 2.24) is 0 Å². The zero-order valence-electron chi connectivity index (χ0n) is 10.6. The average Bonchev–Trinajstić information content (AvgIpc) is 2.31. The monoisotopic (exact) mass is 266 g/mol. The third-order valence-corrected chi connectivity index (χ3v) is 5.79. The lowest BCUT2D eigenvalue weighted by molar-refractivity contribution is -0.118. The van der Waals surface area contributed by atoms with E-state index in [1.807, 2.05) is 31.2 Å². The van der Waals surface area contributed by atoms with Crippen LogP contribution in [0, 0.1) is 6.92 Å². The number of carbonyl (C=O) groups excluding carboxylic acids is 1. The lowest BCUT2D eigenvalue weighted by Crippen LogP contribution is -2.36. The van der Waals surface area contributed by atoms with Crippen LogP contribution in [0.5, 0.6) is 0 Å². The zero-order chi connectivity index (χ0) is 13.2. The SMILES string of the molecule is Cc1ccccc1CC(=O)C1CCCCS1(=O)=O. The second kappa shape index (κ2) is 5.22. The van der Waals surface area contributed by atoms with Crippen molar-refractivity contribution in [3.05, 3.63) is 35.4 Å². The quantitative estimate of drug-likeness (QED) is 0.841. The fourth-order valence-electron chi connectivity index (χ4n) is 2.43. The second-order valence-electron chi connectivity index (χ2n) is 4.92. The fourth-order valence-corrected chi connectivity index (χ4v) is 4.33. The van der Waals surface area contributed by atoms with Gasteiger partial charge in [-0.1, -0.05) is 30.7 Å². The Balaban J connectivity index is 2.15. The Kier molecular flexibility index (Phi) is 3.85. The van der Waals surface area contributed by atoms with Crippen molar-refractivity contribution in [2.24, 2.45) is 0 Å². The molecule has 0 aliphatic carbocycles. The number of aryl methyl sites for hydroxylation is 1. The van der Waals surface area contributed by atoms with Gasteiger partial charge in [-0.05, 0) is 30.9 Å². The largest absolute Gasteiger partial charge is 0.298 e. The maximum absolute atomic E-state index is 12.2. The van der Waals surface area contributed by atoms with E-state index in [4.69, 9.17) is 0 Å². The van der Waals surface area contributed by atoms with Crippen LogP contribution in [-0.4, -0.2) is 25.2 Å². The molecule has 0 aromatic heterocycles. The molecule has 98 valence electrons. The highest BCUT2D eigenvalue weighted by Crippen LogP contribution is 2.22. The predicted molar refractivity (Wildman–Crippen MR) is 71.3 cm³/mol. The number of Topliss-reactive ketones (excluding diaryl/α,β-unsaturated/α-hetero) is 1. The molecule has 1 atom stereocenters. The maximum atomic E-state index is 12.2. The van der Waals surface area contributed by atoms with Crippen LogP contribution in [0.2, 0.25) is 0 Å². The first-order chi connectivity index (χ1) is 8.50. The van der Waals surface area contributed by atoms with Gasteiger partial charge in [-0.15, -0.1) is 0 Å². The molecule has 1 aliphatic rings. The summed E-state index contributed by atoms with van der Waals surface area (Å²) in [6, 6.07) is 7.63.